The minimum atomic E-state index is -1.82. The van der Waals surface area contributed by atoms with Gasteiger partial charge in [-0.3, -0.25) is 4.79 Å². The van der Waals surface area contributed by atoms with Gasteiger partial charge in [0.25, 0.3) is 0 Å². The van der Waals surface area contributed by atoms with Gasteiger partial charge in [0.2, 0.25) is 0 Å². The molecule has 1 aromatic rings. The van der Waals surface area contributed by atoms with E-state index in [1.807, 2.05) is 13.8 Å². The van der Waals surface area contributed by atoms with Gasteiger partial charge in [-0.05, 0) is 44.5 Å². The Hall–Kier alpha value is -2.48. The average molecular weight is 341 g/mol. The van der Waals surface area contributed by atoms with E-state index >= 15 is 0 Å². The Labute approximate surface area is 138 Å². The minimum Gasteiger partial charge on any atom is -0.473 e. The standard InChI is InChI=1S/C14H18FNO2.C2H2O4/c1-9(2)18-14(17)12-7-8-16-13(12)10-3-5-11(15)6-4-10;3-1(4)2(5)6/h3-6,9,12-13,16H,7-8H2,1-2H3;(H,3,4)(H,5,6)/t12-,13?;/m0./s1. The number of carboxylic acid groups (broad SMARTS) is 2. The quantitative estimate of drug-likeness (QED) is 0.565. The van der Waals surface area contributed by atoms with Gasteiger partial charge in [-0.2, -0.15) is 0 Å². The highest BCUT2D eigenvalue weighted by molar-refractivity contribution is 6.27. The molecule has 1 heterocycles. The lowest BCUT2D eigenvalue weighted by atomic mass is 9.94. The second kappa shape index (κ2) is 8.97. The fourth-order valence-electron chi connectivity index (χ4n) is 2.30. The van der Waals surface area contributed by atoms with Crippen molar-refractivity contribution in [1.29, 1.82) is 0 Å². The summed E-state index contributed by atoms with van der Waals surface area (Å²) in [6, 6.07) is 6.19. The van der Waals surface area contributed by atoms with E-state index < -0.39 is 11.9 Å². The highest BCUT2D eigenvalue weighted by Crippen LogP contribution is 2.30. The molecule has 2 atom stereocenters. The first kappa shape index (κ1) is 19.6. The molecule has 2 rings (SSSR count). The van der Waals surface area contributed by atoms with Crippen LogP contribution < -0.4 is 5.32 Å². The second-order valence-corrected chi connectivity index (χ2v) is 5.47. The van der Waals surface area contributed by atoms with Crippen LogP contribution in [0.3, 0.4) is 0 Å². The molecule has 0 radical (unpaired) electrons. The van der Waals surface area contributed by atoms with Crippen LogP contribution in [-0.2, 0) is 19.1 Å². The van der Waals surface area contributed by atoms with Gasteiger partial charge in [0.15, 0.2) is 0 Å². The lowest BCUT2D eigenvalue weighted by Gasteiger charge is -2.20. The fraction of sp³-hybridized carbons (Fsp3) is 0.438. The predicted octanol–water partition coefficient (Wildman–Crippen LogP) is 1.58. The molecule has 1 saturated heterocycles. The van der Waals surface area contributed by atoms with Crippen molar-refractivity contribution in [2.75, 3.05) is 6.54 Å². The Morgan fingerprint density at radius 3 is 2.17 bits per heavy atom. The molecule has 0 saturated carbocycles. The Balaban J connectivity index is 0.000000413. The van der Waals surface area contributed by atoms with Crippen LogP contribution in [0, 0.1) is 11.7 Å². The van der Waals surface area contributed by atoms with Gasteiger partial charge in [-0.1, -0.05) is 12.1 Å². The lowest BCUT2D eigenvalue weighted by molar-refractivity contribution is -0.159. The number of benzene rings is 1. The predicted molar refractivity (Wildman–Crippen MR) is 81.8 cm³/mol. The third kappa shape index (κ3) is 5.96. The van der Waals surface area contributed by atoms with Crippen molar-refractivity contribution in [3.8, 4) is 0 Å². The zero-order chi connectivity index (χ0) is 18.3. The molecule has 1 unspecified atom stereocenters. The first-order chi connectivity index (χ1) is 11.2. The number of carbonyl (C=O) groups excluding carboxylic acids is 1. The molecule has 8 heteroatoms. The molecule has 3 N–H and O–H groups in total. The van der Waals surface area contributed by atoms with Gasteiger partial charge in [0, 0.05) is 6.04 Å². The van der Waals surface area contributed by atoms with Crippen LogP contribution >= 0.6 is 0 Å². The molecular formula is C16H20FNO6. The Bertz CT molecular complexity index is 575. The van der Waals surface area contributed by atoms with E-state index in [0.717, 1.165) is 18.5 Å². The smallest absolute Gasteiger partial charge is 0.414 e. The van der Waals surface area contributed by atoms with Crippen molar-refractivity contribution in [2.45, 2.75) is 32.4 Å². The average Bonchev–Trinajstić information content (AvgIpc) is 2.97. The van der Waals surface area contributed by atoms with Crippen molar-refractivity contribution >= 4 is 17.9 Å². The number of nitrogens with one attached hydrogen (secondary N) is 1. The third-order valence-corrected chi connectivity index (χ3v) is 3.29. The normalized spacial score (nSPS) is 19.3. The Kier molecular flexibility index (Phi) is 7.31. The molecule has 1 fully saturated rings. The van der Waals surface area contributed by atoms with Crippen LogP contribution in [0.15, 0.2) is 24.3 Å². The van der Waals surface area contributed by atoms with Crippen LogP contribution in [0.4, 0.5) is 4.39 Å². The van der Waals surface area contributed by atoms with Crippen molar-refractivity contribution in [1.82, 2.24) is 5.32 Å². The zero-order valence-electron chi connectivity index (χ0n) is 13.4. The van der Waals surface area contributed by atoms with E-state index in [1.165, 1.54) is 12.1 Å². The summed E-state index contributed by atoms with van der Waals surface area (Å²) >= 11 is 0. The number of halogens is 1. The zero-order valence-corrected chi connectivity index (χ0v) is 13.4. The topological polar surface area (TPSA) is 113 Å². The summed E-state index contributed by atoms with van der Waals surface area (Å²) in [5.74, 6) is -4.27. The van der Waals surface area contributed by atoms with Crippen LogP contribution in [-0.4, -0.2) is 40.8 Å². The van der Waals surface area contributed by atoms with Gasteiger partial charge in [0.1, 0.15) is 5.82 Å². The highest BCUT2D eigenvalue weighted by atomic mass is 19.1. The van der Waals surface area contributed by atoms with E-state index in [0.29, 0.717) is 0 Å². The molecule has 0 aromatic heterocycles. The van der Waals surface area contributed by atoms with E-state index in [4.69, 9.17) is 24.5 Å². The molecule has 0 bridgehead atoms. The SMILES string of the molecule is CC(C)OC(=O)[C@H]1CCNC1c1ccc(F)cc1.O=C(O)C(=O)O. The molecule has 132 valence electrons. The molecule has 1 aliphatic rings. The third-order valence-electron chi connectivity index (χ3n) is 3.29. The number of hydrogen-bond donors (Lipinski definition) is 3. The largest absolute Gasteiger partial charge is 0.473 e. The Morgan fingerprint density at radius 2 is 1.71 bits per heavy atom. The molecule has 0 spiro atoms. The summed E-state index contributed by atoms with van der Waals surface area (Å²) in [6.07, 6.45) is 0.653. The van der Waals surface area contributed by atoms with Crippen molar-refractivity contribution in [3.05, 3.63) is 35.6 Å². The summed E-state index contributed by atoms with van der Waals surface area (Å²) in [5, 5.41) is 18.1. The van der Waals surface area contributed by atoms with E-state index in [2.05, 4.69) is 5.32 Å². The lowest BCUT2D eigenvalue weighted by Crippen LogP contribution is -2.27. The van der Waals surface area contributed by atoms with Crippen LogP contribution in [0.25, 0.3) is 0 Å². The van der Waals surface area contributed by atoms with Crippen LogP contribution in [0.5, 0.6) is 0 Å². The number of aliphatic carboxylic acids is 2. The van der Waals surface area contributed by atoms with Crippen LogP contribution in [0.1, 0.15) is 31.9 Å². The van der Waals surface area contributed by atoms with Gasteiger partial charge in [-0.15, -0.1) is 0 Å². The van der Waals surface area contributed by atoms with Crippen LogP contribution in [0.2, 0.25) is 0 Å². The number of carboxylic acids is 2. The van der Waals surface area contributed by atoms with Gasteiger partial charge in [-0.25, -0.2) is 14.0 Å². The fourth-order valence-corrected chi connectivity index (χ4v) is 2.30. The maximum atomic E-state index is 12.9. The number of carbonyl (C=O) groups is 3. The first-order valence-electron chi connectivity index (χ1n) is 7.38. The molecule has 0 amide bonds. The number of ether oxygens (including phenoxy) is 1. The number of hydrogen-bond acceptors (Lipinski definition) is 5. The summed E-state index contributed by atoms with van der Waals surface area (Å²) < 4.78 is 18.1. The maximum absolute atomic E-state index is 12.9. The number of rotatable bonds is 3. The minimum absolute atomic E-state index is 0.0724. The van der Waals surface area contributed by atoms with E-state index in [9.17, 15) is 9.18 Å². The molecule has 7 nitrogen and oxygen atoms in total. The van der Waals surface area contributed by atoms with Gasteiger partial charge in [0.05, 0.1) is 12.0 Å². The highest BCUT2D eigenvalue weighted by Gasteiger charge is 2.35. The van der Waals surface area contributed by atoms with Gasteiger partial charge >= 0.3 is 17.9 Å². The first-order valence-corrected chi connectivity index (χ1v) is 7.38. The maximum Gasteiger partial charge on any atom is 0.414 e. The summed E-state index contributed by atoms with van der Waals surface area (Å²) in [4.78, 5) is 30.2. The van der Waals surface area contributed by atoms with Crippen molar-refractivity contribution in [3.63, 3.8) is 0 Å². The summed E-state index contributed by atoms with van der Waals surface area (Å²) in [5.41, 5.74) is 0.930. The molecule has 24 heavy (non-hydrogen) atoms. The van der Waals surface area contributed by atoms with E-state index in [1.54, 1.807) is 12.1 Å². The van der Waals surface area contributed by atoms with Gasteiger partial charge < -0.3 is 20.3 Å². The molecule has 1 aromatic carbocycles. The number of esters is 1. The summed E-state index contributed by atoms with van der Waals surface area (Å²) in [6.45, 7) is 4.46. The summed E-state index contributed by atoms with van der Waals surface area (Å²) in [7, 11) is 0. The molecule has 0 aliphatic carbocycles. The molecular weight excluding hydrogens is 321 g/mol. The van der Waals surface area contributed by atoms with Crippen molar-refractivity contribution < 1.29 is 33.7 Å². The van der Waals surface area contributed by atoms with E-state index in [-0.39, 0.29) is 29.9 Å². The second-order valence-electron chi connectivity index (χ2n) is 5.47. The molecule has 1 aliphatic heterocycles. The monoisotopic (exact) mass is 341 g/mol. The Morgan fingerprint density at radius 1 is 1.17 bits per heavy atom. The van der Waals surface area contributed by atoms with Crippen molar-refractivity contribution in [2.24, 2.45) is 5.92 Å².